The van der Waals surface area contributed by atoms with Crippen LogP contribution in [0.25, 0.3) is 10.9 Å². The van der Waals surface area contributed by atoms with Gasteiger partial charge in [0.1, 0.15) is 12.5 Å². The van der Waals surface area contributed by atoms with Gasteiger partial charge in [-0.1, -0.05) is 18.2 Å². The molecule has 0 aliphatic rings. The van der Waals surface area contributed by atoms with Crippen molar-refractivity contribution in [3.63, 3.8) is 0 Å². The topological polar surface area (TPSA) is 73.1 Å². The van der Waals surface area contributed by atoms with Gasteiger partial charge in [-0.15, -0.1) is 0 Å². The van der Waals surface area contributed by atoms with E-state index >= 15 is 0 Å². The van der Waals surface area contributed by atoms with Crippen LogP contribution in [0, 0.1) is 6.92 Å². The van der Waals surface area contributed by atoms with E-state index in [2.05, 4.69) is 15.3 Å². The van der Waals surface area contributed by atoms with E-state index in [1.54, 1.807) is 0 Å². The molecule has 0 amide bonds. The van der Waals surface area contributed by atoms with Crippen LogP contribution >= 0.6 is 0 Å². The summed E-state index contributed by atoms with van der Waals surface area (Å²) in [6.45, 7) is 2.16. The summed E-state index contributed by atoms with van der Waals surface area (Å²) < 4.78 is 5.27. The van der Waals surface area contributed by atoms with Crippen molar-refractivity contribution in [2.75, 3.05) is 12.0 Å². The number of hydrogen-bond acceptors (Lipinski definition) is 5. The van der Waals surface area contributed by atoms with Crippen LogP contribution in [0.1, 0.15) is 5.56 Å². The zero-order valence-electron chi connectivity index (χ0n) is 11.7. The summed E-state index contributed by atoms with van der Waals surface area (Å²) in [6, 6.07) is 13.6. The third-order valence-electron chi connectivity index (χ3n) is 3.18. The van der Waals surface area contributed by atoms with Gasteiger partial charge in [-0.25, -0.2) is 9.97 Å². The van der Waals surface area contributed by atoms with Crippen LogP contribution in [0.3, 0.4) is 0 Å². The molecule has 2 aromatic carbocycles. The molecular formula is C16H16N4O. The number of anilines is 2. The summed E-state index contributed by atoms with van der Waals surface area (Å²) >= 11 is 0. The van der Waals surface area contributed by atoms with Crippen molar-refractivity contribution in [3.8, 4) is 5.75 Å². The predicted octanol–water partition coefficient (Wildman–Crippen LogP) is 2.98. The normalized spacial score (nSPS) is 10.6. The van der Waals surface area contributed by atoms with E-state index in [0.29, 0.717) is 5.95 Å². The lowest BCUT2D eigenvalue weighted by molar-refractivity contribution is 0.329. The van der Waals surface area contributed by atoms with E-state index in [1.807, 2.05) is 55.6 Å². The van der Waals surface area contributed by atoms with Crippen molar-refractivity contribution in [2.45, 2.75) is 6.92 Å². The van der Waals surface area contributed by atoms with Gasteiger partial charge in [-0.2, -0.15) is 0 Å². The van der Waals surface area contributed by atoms with Gasteiger partial charge in [0.25, 0.3) is 0 Å². The molecule has 3 N–H and O–H groups in total. The Bertz CT molecular complexity index is 773. The molecule has 1 aromatic heterocycles. The van der Waals surface area contributed by atoms with Crippen molar-refractivity contribution >= 4 is 22.5 Å². The van der Waals surface area contributed by atoms with Crippen molar-refractivity contribution in [3.05, 3.63) is 54.2 Å². The van der Waals surface area contributed by atoms with Crippen LogP contribution in [0.5, 0.6) is 5.75 Å². The van der Waals surface area contributed by atoms with Crippen LogP contribution in [-0.2, 0) is 0 Å². The van der Waals surface area contributed by atoms with E-state index in [0.717, 1.165) is 27.9 Å². The lowest BCUT2D eigenvalue weighted by atomic mass is 10.2. The minimum absolute atomic E-state index is 0.167. The number of nitrogens with two attached hydrogens (primary N) is 1. The molecule has 5 nitrogen and oxygen atoms in total. The number of aryl methyl sites for hydroxylation is 1. The molecule has 0 fully saturated rings. The van der Waals surface area contributed by atoms with Crippen molar-refractivity contribution < 1.29 is 4.74 Å². The Morgan fingerprint density at radius 2 is 2.05 bits per heavy atom. The van der Waals surface area contributed by atoms with Crippen molar-refractivity contribution in [1.82, 2.24) is 9.97 Å². The molecule has 0 unspecified atom stereocenters. The summed E-state index contributed by atoms with van der Waals surface area (Å²) in [5.74, 6) is 1.32. The molecule has 3 rings (SSSR count). The summed E-state index contributed by atoms with van der Waals surface area (Å²) in [5, 5.41) is 4.24. The van der Waals surface area contributed by atoms with Gasteiger partial charge in [0.2, 0.25) is 5.95 Å². The minimum atomic E-state index is 0.167. The monoisotopic (exact) mass is 280 g/mol. The number of ether oxygens (including phenoxy) is 1. The molecule has 0 atom stereocenters. The van der Waals surface area contributed by atoms with E-state index < -0.39 is 0 Å². The fourth-order valence-electron chi connectivity index (χ4n) is 2.12. The van der Waals surface area contributed by atoms with E-state index in [-0.39, 0.29) is 6.73 Å². The van der Waals surface area contributed by atoms with Gasteiger partial charge in [0.15, 0.2) is 0 Å². The second kappa shape index (κ2) is 5.76. The average Bonchev–Trinajstić information content (AvgIpc) is 2.50. The smallest absolute Gasteiger partial charge is 0.227 e. The molecule has 106 valence electrons. The molecule has 0 bridgehead atoms. The number of para-hydroxylation sites is 1. The molecule has 21 heavy (non-hydrogen) atoms. The Hall–Kier alpha value is -2.66. The Kier molecular flexibility index (Phi) is 3.66. The standard InChI is InChI=1S/C16H16N4O/c1-11-8-13(21-10-17)6-7-14(11)19-16-18-9-12-4-2-3-5-15(12)20-16/h2-9H,10,17H2,1H3,(H,18,19,20). The highest BCUT2D eigenvalue weighted by atomic mass is 16.5. The maximum absolute atomic E-state index is 5.37. The van der Waals surface area contributed by atoms with Gasteiger partial charge < -0.3 is 10.1 Å². The minimum Gasteiger partial charge on any atom is -0.479 e. The summed E-state index contributed by atoms with van der Waals surface area (Å²) in [7, 11) is 0. The Labute approximate surface area is 122 Å². The lowest BCUT2D eigenvalue weighted by Gasteiger charge is -2.10. The van der Waals surface area contributed by atoms with Gasteiger partial charge in [-0.05, 0) is 36.8 Å². The highest BCUT2D eigenvalue weighted by Gasteiger charge is 2.04. The third-order valence-corrected chi connectivity index (χ3v) is 3.18. The zero-order chi connectivity index (χ0) is 14.7. The fraction of sp³-hybridized carbons (Fsp3) is 0.125. The fourth-order valence-corrected chi connectivity index (χ4v) is 2.12. The first-order valence-electron chi connectivity index (χ1n) is 6.68. The Balaban J connectivity index is 1.87. The molecule has 0 spiro atoms. The molecule has 0 radical (unpaired) electrons. The number of nitrogens with zero attached hydrogens (tertiary/aromatic N) is 2. The van der Waals surface area contributed by atoms with Gasteiger partial charge in [-0.3, -0.25) is 5.73 Å². The first-order valence-corrected chi connectivity index (χ1v) is 6.68. The van der Waals surface area contributed by atoms with Crippen LogP contribution in [-0.4, -0.2) is 16.7 Å². The lowest BCUT2D eigenvalue weighted by Crippen LogP contribution is -2.07. The van der Waals surface area contributed by atoms with E-state index in [4.69, 9.17) is 10.5 Å². The van der Waals surface area contributed by atoms with Crippen molar-refractivity contribution in [2.24, 2.45) is 5.73 Å². The number of rotatable bonds is 4. The second-order valence-electron chi connectivity index (χ2n) is 4.67. The van der Waals surface area contributed by atoms with Gasteiger partial charge in [0.05, 0.1) is 5.52 Å². The molecular weight excluding hydrogens is 264 g/mol. The highest BCUT2D eigenvalue weighted by molar-refractivity contribution is 5.79. The molecule has 0 saturated heterocycles. The van der Waals surface area contributed by atoms with E-state index in [9.17, 15) is 0 Å². The Morgan fingerprint density at radius 1 is 1.19 bits per heavy atom. The molecule has 0 saturated carbocycles. The number of hydrogen-bond donors (Lipinski definition) is 2. The predicted molar refractivity (Wildman–Crippen MR) is 83.7 cm³/mol. The molecule has 0 aliphatic heterocycles. The highest BCUT2D eigenvalue weighted by Crippen LogP contribution is 2.24. The largest absolute Gasteiger partial charge is 0.479 e. The van der Waals surface area contributed by atoms with Gasteiger partial charge in [0, 0.05) is 17.3 Å². The molecule has 0 aliphatic carbocycles. The average molecular weight is 280 g/mol. The first kappa shape index (κ1) is 13.3. The van der Waals surface area contributed by atoms with Crippen LogP contribution < -0.4 is 15.8 Å². The van der Waals surface area contributed by atoms with Crippen LogP contribution in [0.2, 0.25) is 0 Å². The Morgan fingerprint density at radius 3 is 2.86 bits per heavy atom. The van der Waals surface area contributed by atoms with Gasteiger partial charge >= 0.3 is 0 Å². The molecule has 5 heteroatoms. The number of benzene rings is 2. The second-order valence-corrected chi connectivity index (χ2v) is 4.67. The maximum Gasteiger partial charge on any atom is 0.227 e. The summed E-state index contributed by atoms with van der Waals surface area (Å²) in [6.07, 6.45) is 1.81. The van der Waals surface area contributed by atoms with Crippen molar-refractivity contribution in [1.29, 1.82) is 0 Å². The quantitative estimate of drug-likeness (QED) is 0.719. The number of nitrogens with one attached hydrogen (secondary N) is 1. The SMILES string of the molecule is Cc1cc(OCN)ccc1Nc1ncc2ccccc2n1. The first-order chi connectivity index (χ1) is 10.3. The molecule has 1 heterocycles. The van der Waals surface area contributed by atoms with Crippen LogP contribution in [0.15, 0.2) is 48.7 Å². The maximum atomic E-state index is 5.37. The third kappa shape index (κ3) is 2.93. The number of fused-ring (bicyclic) bond motifs is 1. The van der Waals surface area contributed by atoms with E-state index in [1.165, 1.54) is 0 Å². The summed E-state index contributed by atoms with van der Waals surface area (Å²) in [4.78, 5) is 8.83. The molecule has 3 aromatic rings. The van der Waals surface area contributed by atoms with Crippen LogP contribution in [0.4, 0.5) is 11.6 Å². The zero-order valence-corrected chi connectivity index (χ0v) is 11.7. The summed E-state index contributed by atoms with van der Waals surface area (Å²) in [5.41, 5.74) is 8.26. The number of aromatic nitrogens is 2.